The van der Waals surface area contributed by atoms with E-state index in [4.69, 9.17) is 0 Å². The lowest BCUT2D eigenvalue weighted by Gasteiger charge is -2.50. The van der Waals surface area contributed by atoms with Crippen LogP contribution < -0.4 is 4.90 Å². The minimum absolute atomic E-state index is 0.432. The Hall–Kier alpha value is -2.03. The minimum atomic E-state index is -0.830. The summed E-state index contributed by atoms with van der Waals surface area (Å²) < 4.78 is 0. The number of nitrogens with zero attached hydrogens (tertiary/aromatic N) is 1. The standard InChI is InChI=1S/C18H19NO2/c20-17(21)15-9-13-5-1-2-6-14(13)10-16(15)19-11-18(12-19)7-3-4-8-18/h1-2,5-6,9-10H,3-4,7-8,11-12H2,(H,20,21). The van der Waals surface area contributed by atoms with Crippen LogP contribution >= 0.6 is 0 Å². The number of carboxylic acid groups (broad SMARTS) is 1. The van der Waals surface area contributed by atoms with Gasteiger partial charge < -0.3 is 10.0 Å². The summed E-state index contributed by atoms with van der Waals surface area (Å²) in [6.07, 6.45) is 5.27. The molecule has 1 saturated heterocycles. The van der Waals surface area contributed by atoms with Crippen LogP contribution in [0.2, 0.25) is 0 Å². The van der Waals surface area contributed by atoms with E-state index in [1.54, 1.807) is 0 Å². The zero-order chi connectivity index (χ0) is 14.4. The predicted octanol–water partition coefficient (Wildman–Crippen LogP) is 3.92. The quantitative estimate of drug-likeness (QED) is 0.907. The minimum Gasteiger partial charge on any atom is -0.478 e. The topological polar surface area (TPSA) is 40.5 Å². The normalized spacial score (nSPS) is 19.9. The van der Waals surface area contributed by atoms with Gasteiger partial charge in [-0.05, 0) is 35.7 Å². The van der Waals surface area contributed by atoms with Crippen molar-refractivity contribution in [3.63, 3.8) is 0 Å². The van der Waals surface area contributed by atoms with Crippen LogP contribution in [0.1, 0.15) is 36.0 Å². The highest BCUT2D eigenvalue weighted by Crippen LogP contribution is 2.47. The molecule has 0 radical (unpaired) electrons. The van der Waals surface area contributed by atoms with Gasteiger partial charge in [-0.2, -0.15) is 0 Å². The number of benzene rings is 2. The van der Waals surface area contributed by atoms with Gasteiger partial charge >= 0.3 is 5.97 Å². The Kier molecular flexibility index (Phi) is 2.71. The Morgan fingerprint density at radius 1 is 1.05 bits per heavy atom. The lowest BCUT2D eigenvalue weighted by molar-refractivity contribution is 0.0696. The molecule has 0 atom stereocenters. The van der Waals surface area contributed by atoms with Crippen LogP contribution in [0, 0.1) is 5.41 Å². The Labute approximate surface area is 124 Å². The molecule has 2 aliphatic rings. The Morgan fingerprint density at radius 2 is 1.67 bits per heavy atom. The summed E-state index contributed by atoms with van der Waals surface area (Å²) in [4.78, 5) is 13.8. The first-order valence-corrected chi connectivity index (χ1v) is 7.68. The summed E-state index contributed by atoms with van der Waals surface area (Å²) in [7, 11) is 0. The van der Waals surface area contributed by atoms with Gasteiger partial charge in [0.1, 0.15) is 0 Å². The van der Waals surface area contributed by atoms with Gasteiger partial charge in [0, 0.05) is 18.5 Å². The number of hydrogen-bond donors (Lipinski definition) is 1. The molecule has 0 amide bonds. The fourth-order valence-corrected chi connectivity index (χ4v) is 4.04. The molecular weight excluding hydrogens is 262 g/mol. The predicted molar refractivity (Wildman–Crippen MR) is 84.0 cm³/mol. The number of hydrogen-bond acceptors (Lipinski definition) is 2. The van der Waals surface area contributed by atoms with Crippen molar-refractivity contribution in [3.8, 4) is 0 Å². The van der Waals surface area contributed by atoms with Gasteiger partial charge in [0.15, 0.2) is 0 Å². The highest BCUT2D eigenvalue weighted by molar-refractivity contribution is 6.01. The van der Waals surface area contributed by atoms with Crippen LogP contribution in [-0.4, -0.2) is 24.2 Å². The molecule has 3 heteroatoms. The second kappa shape index (κ2) is 4.48. The second-order valence-corrected chi connectivity index (χ2v) is 6.58. The first kappa shape index (κ1) is 12.7. The Morgan fingerprint density at radius 3 is 2.29 bits per heavy atom. The van der Waals surface area contributed by atoms with Gasteiger partial charge in [0.05, 0.1) is 11.3 Å². The van der Waals surface area contributed by atoms with Crippen molar-refractivity contribution in [1.29, 1.82) is 0 Å². The molecule has 3 nitrogen and oxygen atoms in total. The molecule has 1 N–H and O–H groups in total. The first-order valence-electron chi connectivity index (χ1n) is 7.68. The number of anilines is 1. The van der Waals surface area contributed by atoms with Crippen molar-refractivity contribution in [3.05, 3.63) is 42.0 Å². The van der Waals surface area contributed by atoms with E-state index in [0.717, 1.165) is 29.5 Å². The lowest BCUT2D eigenvalue weighted by atomic mass is 9.77. The summed E-state index contributed by atoms with van der Waals surface area (Å²) in [5, 5.41) is 11.6. The fraction of sp³-hybridized carbons (Fsp3) is 0.389. The van der Waals surface area contributed by atoms with Crippen LogP contribution in [0.3, 0.4) is 0 Å². The maximum atomic E-state index is 11.6. The highest BCUT2D eigenvalue weighted by atomic mass is 16.4. The van der Waals surface area contributed by atoms with Gasteiger partial charge in [0.2, 0.25) is 0 Å². The van der Waals surface area contributed by atoms with Crippen molar-refractivity contribution >= 4 is 22.4 Å². The van der Waals surface area contributed by atoms with Crippen molar-refractivity contribution in [2.75, 3.05) is 18.0 Å². The van der Waals surface area contributed by atoms with Gasteiger partial charge in [-0.3, -0.25) is 0 Å². The van der Waals surface area contributed by atoms with E-state index in [2.05, 4.69) is 11.0 Å². The maximum absolute atomic E-state index is 11.6. The van der Waals surface area contributed by atoms with Gasteiger partial charge in [-0.15, -0.1) is 0 Å². The monoisotopic (exact) mass is 281 g/mol. The molecule has 108 valence electrons. The smallest absolute Gasteiger partial charge is 0.337 e. The number of fused-ring (bicyclic) bond motifs is 1. The number of rotatable bonds is 2. The Balaban J connectivity index is 1.73. The zero-order valence-electron chi connectivity index (χ0n) is 12.0. The molecule has 4 rings (SSSR count). The molecule has 1 spiro atoms. The van der Waals surface area contributed by atoms with Crippen molar-refractivity contribution < 1.29 is 9.90 Å². The van der Waals surface area contributed by atoms with Crippen molar-refractivity contribution in [1.82, 2.24) is 0 Å². The molecule has 2 fully saturated rings. The molecule has 1 aliphatic heterocycles. The third kappa shape index (κ3) is 1.99. The van der Waals surface area contributed by atoms with Gasteiger partial charge in [-0.1, -0.05) is 37.1 Å². The second-order valence-electron chi connectivity index (χ2n) is 6.58. The molecule has 2 aromatic carbocycles. The van der Waals surface area contributed by atoms with Crippen LogP contribution in [0.25, 0.3) is 10.8 Å². The molecule has 0 aromatic heterocycles. The summed E-state index contributed by atoms with van der Waals surface area (Å²) in [5.74, 6) is -0.830. The summed E-state index contributed by atoms with van der Waals surface area (Å²) in [6.45, 7) is 2.04. The molecule has 0 bridgehead atoms. The Bertz CT molecular complexity index is 708. The van der Waals surface area contributed by atoms with Crippen molar-refractivity contribution in [2.24, 2.45) is 5.41 Å². The molecule has 1 aliphatic carbocycles. The largest absolute Gasteiger partial charge is 0.478 e. The number of carbonyl (C=O) groups is 1. The first-order chi connectivity index (χ1) is 10.2. The molecule has 2 aromatic rings. The van der Waals surface area contributed by atoms with Crippen molar-refractivity contribution in [2.45, 2.75) is 25.7 Å². The molecular formula is C18H19NO2. The van der Waals surface area contributed by atoms with E-state index >= 15 is 0 Å². The number of aromatic carboxylic acids is 1. The van der Waals surface area contributed by atoms with E-state index in [-0.39, 0.29) is 0 Å². The lowest BCUT2D eigenvalue weighted by Crippen LogP contribution is -2.55. The third-order valence-corrected chi connectivity index (χ3v) is 5.15. The van der Waals surface area contributed by atoms with Gasteiger partial charge in [-0.25, -0.2) is 4.79 Å². The van der Waals surface area contributed by atoms with E-state index in [1.165, 1.54) is 25.7 Å². The SMILES string of the molecule is O=C(O)c1cc2ccccc2cc1N1CC2(CCCC2)C1. The van der Waals surface area contributed by atoms with E-state index in [9.17, 15) is 9.90 Å². The molecule has 21 heavy (non-hydrogen) atoms. The summed E-state index contributed by atoms with van der Waals surface area (Å²) in [6, 6.07) is 11.8. The van der Waals surface area contributed by atoms with Crippen LogP contribution in [-0.2, 0) is 0 Å². The average Bonchev–Trinajstić information content (AvgIpc) is 2.94. The third-order valence-electron chi connectivity index (χ3n) is 5.15. The number of carboxylic acids is 1. The fourth-order valence-electron chi connectivity index (χ4n) is 4.04. The summed E-state index contributed by atoms with van der Waals surface area (Å²) in [5.41, 5.74) is 1.79. The maximum Gasteiger partial charge on any atom is 0.337 e. The van der Waals surface area contributed by atoms with E-state index in [1.807, 2.05) is 30.3 Å². The molecule has 1 saturated carbocycles. The van der Waals surface area contributed by atoms with Crippen LogP contribution in [0.5, 0.6) is 0 Å². The summed E-state index contributed by atoms with van der Waals surface area (Å²) >= 11 is 0. The molecule has 1 heterocycles. The van der Waals surface area contributed by atoms with E-state index in [0.29, 0.717) is 11.0 Å². The van der Waals surface area contributed by atoms with Crippen LogP contribution in [0.4, 0.5) is 5.69 Å². The van der Waals surface area contributed by atoms with Gasteiger partial charge in [0.25, 0.3) is 0 Å². The van der Waals surface area contributed by atoms with Crippen LogP contribution in [0.15, 0.2) is 36.4 Å². The highest BCUT2D eigenvalue weighted by Gasteiger charge is 2.45. The molecule has 0 unspecified atom stereocenters. The zero-order valence-corrected chi connectivity index (χ0v) is 12.0. The van der Waals surface area contributed by atoms with E-state index < -0.39 is 5.97 Å². The average molecular weight is 281 g/mol.